The van der Waals surface area contributed by atoms with E-state index in [1.54, 1.807) is 60.7 Å². The van der Waals surface area contributed by atoms with Crippen LogP contribution in [-0.4, -0.2) is 127 Å². The van der Waals surface area contributed by atoms with Gasteiger partial charge in [0.25, 0.3) is 11.8 Å². The van der Waals surface area contributed by atoms with Gasteiger partial charge >= 0.3 is 0 Å². The molecule has 0 aliphatic carbocycles. The summed E-state index contributed by atoms with van der Waals surface area (Å²) in [4.78, 5) is 82.6. The van der Waals surface area contributed by atoms with E-state index in [2.05, 4.69) is 48.6 Å². The highest BCUT2D eigenvalue weighted by atomic mass is 35.5. The van der Waals surface area contributed by atoms with Crippen LogP contribution in [0.4, 0.5) is 17.6 Å². The van der Waals surface area contributed by atoms with E-state index in [-0.39, 0.29) is 16.8 Å². The predicted molar refractivity (Wildman–Crippen MR) is 266 cm³/mol. The van der Waals surface area contributed by atoms with Crippen LogP contribution in [-0.2, 0) is 28.8 Å². The number of hydrogen-bond acceptors (Lipinski definition) is 11. The molecule has 4 rings (SSSR count). The fourth-order valence-electron chi connectivity index (χ4n) is 6.69. The number of hydrogen-bond donors (Lipinski definition) is 9. The average molecular weight is 1020 g/mol. The summed E-state index contributed by atoms with van der Waals surface area (Å²) in [6.45, 7) is 8.80. The first-order valence-electron chi connectivity index (χ1n) is 22.6. The Kier molecular flexibility index (Phi) is 25.1. The minimum atomic E-state index is -1.90. The van der Waals surface area contributed by atoms with Crippen LogP contribution >= 0.6 is 11.8 Å². The van der Waals surface area contributed by atoms with Crippen LogP contribution in [0, 0.1) is 23.3 Å². The summed E-state index contributed by atoms with van der Waals surface area (Å²) in [5, 5.41) is 35.7. The zero-order chi connectivity index (χ0) is 52.6. The summed E-state index contributed by atoms with van der Waals surface area (Å²) in [7, 11) is 3.82. The van der Waals surface area contributed by atoms with Gasteiger partial charge < -0.3 is 51.9 Å². The lowest BCUT2D eigenvalue weighted by Gasteiger charge is -2.23. The molecule has 0 spiro atoms. The maximum Gasteiger partial charge on any atom is 0.254 e. The van der Waals surface area contributed by atoms with Crippen molar-refractivity contribution in [1.82, 2.24) is 46.5 Å². The van der Waals surface area contributed by atoms with Crippen LogP contribution in [0.5, 0.6) is 0 Å². The molecule has 4 aromatic rings. The summed E-state index contributed by atoms with van der Waals surface area (Å²) in [5.41, 5.74) is 0.485. The van der Waals surface area contributed by atoms with E-state index in [9.17, 15) is 56.5 Å². The lowest BCUT2D eigenvalue weighted by atomic mass is 10.1. The molecule has 22 heteroatoms. The van der Waals surface area contributed by atoms with Crippen molar-refractivity contribution in [3.63, 3.8) is 0 Å². The largest absolute Gasteiger partial charge is 0.378 e. The third-order valence-corrected chi connectivity index (χ3v) is 10.7. The number of nitrogens with one attached hydrogen (secondary N) is 7. The number of rotatable bonds is 25. The number of aliphatic hydroxyl groups excluding tert-OH is 2. The third kappa shape index (κ3) is 20.4. The lowest BCUT2D eigenvalue weighted by molar-refractivity contribution is -0.135. The van der Waals surface area contributed by atoms with Gasteiger partial charge in [-0.2, -0.15) is 0 Å². The molecule has 0 bridgehead atoms. The van der Waals surface area contributed by atoms with E-state index in [4.69, 9.17) is 11.8 Å². The van der Waals surface area contributed by atoms with Crippen molar-refractivity contribution >= 4 is 47.2 Å². The number of carbonyl (C=O) groups is 6. The number of amides is 6. The molecule has 0 fully saturated rings. The standard InChI is InChI=1S/C25H32F2N4O4.C24H30ClF2N5O4.4H2/c1-4-11-31(3)12-10-28-24(34)21(17-8-6-5-7-9-17)30-23(33)16(2)29-25(35)22(32)18-13-19(26)15-20(27)14-18;1-15(30-24(36)21(33)17-12-18(26)14-19(27)13-17)22(34)31-20(16-6-4-3-5-7-16)23(35)28-8-10-32(2)11-9-29-25;;;;/h5-9,13-16,21-22,32H,4,10-12H2,1-3H3,(H,28,34)(H,29,35)(H,30,33);3-7,12-15,20-21,29,33H,8-11H2,1-2H3,(H,28,35)(H,30,36)(H,31,34);4*1H/t16-,21-,22?;15-,20-,21?;;;;/m00..../s1. The second-order valence-corrected chi connectivity index (χ2v) is 16.7. The minimum absolute atomic E-state index is 0. The summed E-state index contributed by atoms with van der Waals surface area (Å²) >= 11 is 5.45. The van der Waals surface area contributed by atoms with Gasteiger partial charge in [0.15, 0.2) is 12.2 Å². The van der Waals surface area contributed by atoms with Gasteiger partial charge in [0.1, 0.15) is 47.4 Å². The van der Waals surface area contributed by atoms with E-state index >= 15 is 0 Å². The van der Waals surface area contributed by atoms with Crippen molar-refractivity contribution in [2.24, 2.45) is 0 Å². The maximum atomic E-state index is 13.4. The molecule has 6 atom stereocenters. The van der Waals surface area contributed by atoms with E-state index in [1.807, 2.05) is 19.0 Å². The molecule has 394 valence electrons. The Labute approximate surface area is 421 Å². The number of halogens is 5. The summed E-state index contributed by atoms with van der Waals surface area (Å²) < 4.78 is 53.6. The quantitative estimate of drug-likeness (QED) is 0.0341. The van der Waals surface area contributed by atoms with Crippen LogP contribution in [0.3, 0.4) is 0 Å². The Morgan fingerprint density at radius 3 is 1.18 bits per heavy atom. The van der Waals surface area contributed by atoms with Gasteiger partial charge in [-0.1, -0.05) is 67.6 Å². The Balaban J connectivity index is 0. The normalized spacial score (nSPS) is 13.5. The van der Waals surface area contributed by atoms with Gasteiger partial charge in [-0.15, -0.1) is 0 Å². The van der Waals surface area contributed by atoms with Gasteiger partial charge in [-0.25, -0.2) is 22.4 Å². The molecule has 2 unspecified atom stereocenters. The molecule has 4 aromatic carbocycles. The molecule has 0 heterocycles. The highest BCUT2D eigenvalue weighted by Gasteiger charge is 2.30. The number of aliphatic hydroxyl groups is 2. The second-order valence-electron chi connectivity index (χ2n) is 16.4. The first-order chi connectivity index (χ1) is 33.7. The Bertz CT molecular complexity index is 2340. The van der Waals surface area contributed by atoms with Gasteiger partial charge in [0, 0.05) is 57.1 Å². The highest BCUT2D eigenvalue weighted by Crippen LogP contribution is 2.19. The first-order valence-corrected chi connectivity index (χ1v) is 23.0. The first kappa shape index (κ1) is 58.8. The molecule has 0 aliphatic rings. The Morgan fingerprint density at radius 2 is 0.845 bits per heavy atom. The predicted octanol–water partition coefficient (Wildman–Crippen LogP) is 3.95. The van der Waals surface area contributed by atoms with Crippen molar-refractivity contribution < 1.29 is 62.2 Å². The SMILES string of the molecule is CCCN(C)CCNC(=O)[C@@H](NC(=O)[C@H](C)NC(=O)C(O)c1cc(F)cc(F)c1)c1ccccc1.C[C@H](NC(=O)C(O)c1cc(F)cc(F)c1)C(=O)N[C@H](C(=O)NCCN(C)CCNCl)c1ccccc1.[HH].[HH].[HH].[HH]. The molecular weight excluding hydrogens is 954 g/mol. The number of benzene rings is 4. The summed E-state index contributed by atoms with van der Waals surface area (Å²) in [6, 6.07) is 17.3. The lowest BCUT2D eigenvalue weighted by Crippen LogP contribution is -2.50. The van der Waals surface area contributed by atoms with Crippen LogP contribution in [0.25, 0.3) is 0 Å². The van der Waals surface area contributed by atoms with Crippen LogP contribution in [0.2, 0.25) is 0 Å². The fraction of sp³-hybridized carbons (Fsp3) is 0.388. The van der Waals surface area contributed by atoms with Gasteiger partial charge in [-0.3, -0.25) is 28.8 Å². The van der Waals surface area contributed by atoms with Crippen molar-refractivity contribution in [3.8, 4) is 0 Å². The fourth-order valence-corrected chi connectivity index (χ4v) is 6.78. The molecule has 0 saturated carbocycles. The van der Waals surface area contributed by atoms with E-state index < -0.39 is 95.1 Å². The van der Waals surface area contributed by atoms with Gasteiger partial charge in [0.2, 0.25) is 23.6 Å². The Morgan fingerprint density at radius 1 is 0.507 bits per heavy atom. The van der Waals surface area contributed by atoms with E-state index in [1.165, 1.54) is 13.8 Å². The summed E-state index contributed by atoms with van der Waals surface area (Å²) in [6.07, 6.45) is -2.80. The third-order valence-electron chi connectivity index (χ3n) is 10.5. The van der Waals surface area contributed by atoms with Gasteiger partial charge in [0.05, 0.1) is 0 Å². The zero-order valence-corrected chi connectivity index (χ0v) is 40.7. The average Bonchev–Trinajstić information content (AvgIpc) is 3.33. The zero-order valence-electron chi connectivity index (χ0n) is 40.0. The van der Waals surface area contributed by atoms with Crippen LogP contribution in [0.15, 0.2) is 97.1 Å². The van der Waals surface area contributed by atoms with Crippen molar-refractivity contribution in [3.05, 3.63) is 143 Å². The number of carbonyl (C=O) groups excluding carboxylic acids is 6. The van der Waals surface area contributed by atoms with Crippen LogP contribution < -0.4 is 36.7 Å². The molecule has 0 radical (unpaired) electrons. The maximum absolute atomic E-state index is 13.4. The molecule has 0 saturated heterocycles. The van der Waals surface area contributed by atoms with Crippen LogP contribution in [0.1, 0.15) is 79.4 Å². The smallest absolute Gasteiger partial charge is 0.254 e. The van der Waals surface area contributed by atoms with Crippen molar-refractivity contribution in [2.75, 3.05) is 59.9 Å². The molecule has 9 N–H and O–H groups in total. The van der Waals surface area contributed by atoms with Gasteiger partial charge in [-0.05, 0) is 99.2 Å². The van der Waals surface area contributed by atoms with Crippen molar-refractivity contribution in [2.45, 2.75) is 63.6 Å². The molecule has 17 nitrogen and oxygen atoms in total. The monoisotopic (exact) mass is 1020 g/mol. The van der Waals surface area contributed by atoms with Crippen molar-refractivity contribution in [1.29, 1.82) is 0 Å². The molecule has 0 aromatic heterocycles. The molecule has 0 aliphatic heterocycles. The summed E-state index contributed by atoms with van der Waals surface area (Å²) in [5.74, 6) is -8.10. The molecule has 6 amide bonds. The van der Waals surface area contributed by atoms with E-state index in [0.717, 1.165) is 37.2 Å². The minimum Gasteiger partial charge on any atom is -0.378 e. The second kappa shape index (κ2) is 30.3. The number of likely N-dealkylation sites (N-methyl/N-ethyl adjacent to an activating group) is 2. The molecular formula is C49H70ClF4N9O8. The van der Waals surface area contributed by atoms with E-state index in [0.29, 0.717) is 62.5 Å². The topological polar surface area (TPSA) is 234 Å². The Hall–Kier alpha value is -6.49. The molecule has 71 heavy (non-hydrogen) atoms. The number of nitrogens with zero attached hydrogens (tertiary/aromatic N) is 2. The highest BCUT2D eigenvalue weighted by molar-refractivity contribution is 6.13.